The highest BCUT2D eigenvalue weighted by Gasteiger charge is 2.18. The molecule has 0 spiro atoms. The van der Waals surface area contributed by atoms with Crippen LogP contribution >= 0.6 is 0 Å². The van der Waals surface area contributed by atoms with Crippen molar-refractivity contribution >= 4 is 17.3 Å². The minimum atomic E-state index is -0.696. The van der Waals surface area contributed by atoms with E-state index in [0.717, 1.165) is 0 Å². The second-order valence-corrected chi connectivity index (χ2v) is 2.57. The number of nitro benzene ring substituents is 1. The van der Waals surface area contributed by atoms with Crippen LogP contribution < -0.4 is 11.1 Å². The number of para-hydroxylation sites is 1. The van der Waals surface area contributed by atoms with Crippen molar-refractivity contribution in [1.82, 2.24) is 0 Å². The topological polar surface area (TPSA) is 98.3 Å². The van der Waals surface area contributed by atoms with Crippen LogP contribution in [0.5, 0.6) is 0 Å². The van der Waals surface area contributed by atoms with E-state index in [1.54, 1.807) is 0 Å². The smallest absolute Gasteiger partial charge is 0.293 e. The predicted octanol–water partition coefficient (Wildman–Crippen LogP) is 0.735. The number of rotatable bonds is 3. The molecule has 0 radical (unpaired) electrons. The highest BCUT2D eigenvalue weighted by atomic mass is 16.6. The van der Waals surface area contributed by atoms with Crippen LogP contribution in [-0.4, -0.2) is 17.9 Å². The Morgan fingerprint density at radius 3 is 2.64 bits per heavy atom. The van der Waals surface area contributed by atoms with E-state index < -0.39 is 10.8 Å². The van der Waals surface area contributed by atoms with Crippen LogP contribution in [0.25, 0.3) is 0 Å². The van der Waals surface area contributed by atoms with E-state index in [9.17, 15) is 14.9 Å². The van der Waals surface area contributed by atoms with Gasteiger partial charge in [0.25, 0.3) is 11.6 Å². The average molecular weight is 195 g/mol. The molecule has 1 aromatic carbocycles. The second-order valence-electron chi connectivity index (χ2n) is 2.57. The Kier molecular flexibility index (Phi) is 2.66. The number of amides is 1. The molecule has 1 rings (SSSR count). The van der Waals surface area contributed by atoms with Crippen molar-refractivity contribution in [3.8, 4) is 0 Å². The van der Waals surface area contributed by atoms with Crippen LogP contribution in [0.4, 0.5) is 11.4 Å². The normalized spacial score (nSPS) is 9.50. The van der Waals surface area contributed by atoms with Gasteiger partial charge in [0.2, 0.25) is 0 Å². The summed E-state index contributed by atoms with van der Waals surface area (Å²) in [6.07, 6.45) is 0. The number of hydrogen-bond donors (Lipinski definition) is 2. The second kappa shape index (κ2) is 3.73. The maximum Gasteiger partial charge on any atom is 0.293 e. The molecule has 0 atom stereocenters. The summed E-state index contributed by atoms with van der Waals surface area (Å²) in [4.78, 5) is 20.9. The van der Waals surface area contributed by atoms with Gasteiger partial charge in [0, 0.05) is 13.1 Å². The largest absolute Gasteiger partial charge is 0.382 e. The van der Waals surface area contributed by atoms with Crippen LogP contribution in [0.3, 0.4) is 0 Å². The highest BCUT2D eigenvalue weighted by Crippen LogP contribution is 2.27. The maximum absolute atomic E-state index is 10.9. The first-order chi connectivity index (χ1) is 6.57. The summed E-state index contributed by atoms with van der Waals surface area (Å²) in [7, 11) is 1.49. The molecule has 14 heavy (non-hydrogen) atoms. The summed E-state index contributed by atoms with van der Waals surface area (Å²) in [5.41, 5.74) is 5.15. The monoisotopic (exact) mass is 195 g/mol. The number of nitrogens with one attached hydrogen (secondary N) is 1. The Bertz CT molecular complexity index is 357. The number of carbonyl (C=O) groups is 1. The zero-order valence-electron chi connectivity index (χ0n) is 7.48. The first-order valence-corrected chi connectivity index (χ1v) is 3.83. The Labute approximate surface area is 79.9 Å². The van der Waals surface area contributed by atoms with Gasteiger partial charge in [0.1, 0.15) is 5.69 Å². The molecule has 1 aromatic rings. The molecule has 74 valence electrons. The number of benzene rings is 1. The van der Waals surface area contributed by atoms with Crippen LogP contribution in [0.2, 0.25) is 0 Å². The fourth-order valence-corrected chi connectivity index (χ4v) is 1.16. The average Bonchev–Trinajstić information content (AvgIpc) is 2.16. The molecule has 0 saturated carbocycles. The van der Waals surface area contributed by atoms with E-state index in [1.807, 2.05) is 0 Å². The van der Waals surface area contributed by atoms with E-state index in [0.29, 0.717) is 0 Å². The molecule has 0 aliphatic rings. The maximum atomic E-state index is 10.9. The van der Waals surface area contributed by atoms with Crippen LogP contribution in [0.1, 0.15) is 10.4 Å². The molecule has 0 saturated heterocycles. The van der Waals surface area contributed by atoms with Gasteiger partial charge in [0.05, 0.1) is 10.5 Å². The standard InChI is InChI=1S/C8H9N3O3/c1-10-7-5(8(9)12)3-2-4-6(7)11(13)14/h2-4,10H,1H3,(H2,9,12). The van der Waals surface area contributed by atoms with Gasteiger partial charge in [-0.05, 0) is 6.07 Å². The van der Waals surface area contributed by atoms with E-state index in [-0.39, 0.29) is 16.9 Å². The zero-order chi connectivity index (χ0) is 10.7. The third kappa shape index (κ3) is 1.63. The number of hydrogen-bond acceptors (Lipinski definition) is 4. The SMILES string of the molecule is CNc1c(C(N)=O)cccc1[N+](=O)[O-]. The van der Waals surface area contributed by atoms with Crippen molar-refractivity contribution in [2.24, 2.45) is 5.73 Å². The molecular weight excluding hydrogens is 186 g/mol. The van der Waals surface area contributed by atoms with Gasteiger partial charge >= 0.3 is 0 Å². The number of carbonyl (C=O) groups excluding carboxylic acids is 1. The van der Waals surface area contributed by atoms with Crippen LogP contribution in [0.15, 0.2) is 18.2 Å². The van der Waals surface area contributed by atoms with Gasteiger partial charge in [-0.1, -0.05) is 6.07 Å². The van der Waals surface area contributed by atoms with Gasteiger partial charge < -0.3 is 11.1 Å². The van der Waals surface area contributed by atoms with Gasteiger partial charge in [-0.25, -0.2) is 0 Å². The lowest BCUT2D eigenvalue weighted by molar-refractivity contribution is -0.384. The summed E-state index contributed by atoms with van der Waals surface area (Å²) < 4.78 is 0. The van der Waals surface area contributed by atoms with E-state index >= 15 is 0 Å². The van der Waals surface area contributed by atoms with Crippen molar-refractivity contribution in [3.05, 3.63) is 33.9 Å². The number of primary amides is 1. The van der Waals surface area contributed by atoms with Crippen molar-refractivity contribution in [1.29, 1.82) is 0 Å². The van der Waals surface area contributed by atoms with Crippen LogP contribution in [0, 0.1) is 10.1 Å². The Hall–Kier alpha value is -2.11. The van der Waals surface area contributed by atoms with E-state index in [1.165, 1.54) is 25.2 Å². The van der Waals surface area contributed by atoms with Crippen LogP contribution in [-0.2, 0) is 0 Å². The lowest BCUT2D eigenvalue weighted by atomic mass is 10.1. The molecule has 0 aliphatic carbocycles. The fraction of sp³-hybridized carbons (Fsp3) is 0.125. The first-order valence-electron chi connectivity index (χ1n) is 3.83. The third-order valence-electron chi connectivity index (χ3n) is 1.75. The van der Waals surface area contributed by atoms with Crippen molar-refractivity contribution < 1.29 is 9.72 Å². The molecule has 3 N–H and O–H groups in total. The molecule has 0 heterocycles. The fourth-order valence-electron chi connectivity index (χ4n) is 1.16. The third-order valence-corrected chi connectivity index (χ3v) is 1.75. The number of nitrogens with two attached hydrogens (primary N) is 1. The molecular formula is C8H9N3O3. The van der Waals surface area contributed by atoms with Crippen molar-refractivity contribution in [3.63, 3.8) is 0 Å². The number of nitro groups is 1. The molecule has 6 heteroatoms. The minimum absolute atomic E-state index is 0.113. The molecule has 0 unspecified atom stereocenters. The molecule has 0 aliphatic heterocycles. The van der Waals surface area contributed by atoms with Gasteiger partial charge in [0.15, 0.2) is 0 Å². The molecule has 1 amide bonds. The molecule has 0 aromatic heterocycles. The summed E-state index contributed by atoms with van der Waals surface area (Å²) >= 11 is 0. The summed E-state index contributed by atoms with van der Waals surface area (Å²) in [5, 5.41) is 13.2. The van der Waals surface area contributed by atoms with E-state index in [2.05, 4.69) is 5.32 Å². The summed E-state index contributed by atoms with van der Waals surface area (Å²) in [5.74, 6) is -0.696. The predicted molar refractivity (Wildman–Crippen MR) is 51.2 cm³/mol. The lowest BCUT2D eigenvalue weighted by Gasteiger charge is -2.05. The number of anilines is 1. The first kappa shape index (κ1) is 9.97. The summed E-state index contributed by atoms with van der Waals surface area (Å²) in [6, 6.07) is 4.15. The van der Waals surface area contributed by atoms with E-state index in [4.69, 9.17) is 5.73 Å². The van der Waals surface area contributed by atoms with Gasteiger partial charge in [-0.15, -0.1) is 0 Å². The molecule has 0 fully saturated rings. The summed E-state index contributed by atoms with van der Waals surface area (Å²) in [6.45, 7) is 0. The molecule has 0 bridgehead atoms. The van der Waals surface area contributed by atoms with Crippen molar-refractivity contribution in [2.45, 2.75) is 0 Å². The van der Waals surface area contributed by atoms with Gasteiger partial charge in [-0.3, -0.25) is 14.9 Å². The Morgan fingerprint density at radius 2 is 2.21 bits per heavy atom. The van der Waals surface area contributed by atoms with Crippen molar-refractivity contribution in [2.75, 3.05) is 12.4 Å². The Morgan fingerprint density at radius 1 is 1.57 bits per heavy atom. The highest BCUT2D eigenvalue weighted by molar-refractivity contribution is 6.00. The zero-order valence-corrected chi connectivity index (χ0v) is 7.48. The molecule has 6 nitrogen and oxygen atoms in total. The number of nitrogens with zero attached hydrogens (tertiary/aromatic N) is 1. The lowest BCUT2D eigenvalue weighted by Crippen LogP contribution is -2.14. The Balaban J connectivity index is 3.39. The minimum Gasteiger partial charge on any atom is -0.382 e. The quantitative estimate of drug-likeness (QED) is 0.548. The van der Waals surface area contributed by atoms with Gasteiger partial charge in [-0.2, -0.15) is 0 Å².